The molecule has 3 rings (SSSR count). The Kier molecular flexibility index (Phi) is 6.21. The molecule has 0 atom stereocenters. The molecule has 0 fully saturated rings. The van der Waals surface area contributed by atoms with E-state index in [4.69, 9.17) is 0 Å². The molecular formula is C19H21N3OS3. The molecule has 1 amide bonds. The van der Waals surface area contributed by atoms with Gasteiger partial charge in [0, 0.05) is 11.3 Å². The maximum atomic E-state index is 11.9. The first-order valence-electron chi connectivity index (χ1n) is 8.27. The highest BCUT2D eigenvalue weighted by Gasteiger charge is 2.15. The van der Waals surface area contributed by atoms with Gasteiger partial charge < -0.3 is 5.32 Å². The summed E-state index contributed by atoms with van der Waals surface area (Å²) in [4.78, 5) is 11.9. The van der Waals surface area contributed by atoms with Crippen LogP contribution in [0.25, 0.3) is 10.8 Å². The fraction of sp³-hybridized carbons (Fsp3) is 0.316. The molecule has 2 aromatic carbocycles. The summed E-state index contributed by atoms with van der Waals surface area (Å²) < 4.78 is 1.76. The maximum Gasteiger partial charge on any atom is 0.230 e. The number of carbonyl (C=O) groups is 1. The summed E-state index contributed by atoms with van der Waals surface area (Å²) in [5.41, 5.74) is 1.08. The summed E-state index contributed by atoms with van der Waals surface area (Å²) in [7, 11) is 0. The lowest BCUT2D eigenvalue weighted by molar-refractivity contribution is -0.119. The number of hydrogen-bond acceptors (Lipinski definition) is 6. The Bertz CT molecular complexity index is 897. The minimum absolute atomic E-state index is 0.0164. The number of nitrogens with one attached hydrogen (secondary N) is 1. The fourth-order valence-electron chi connectivity index (χ4n) is 2.45. The number of hydrogen-bond donors (Lipinski definition) is 1. The average Bonchev–Trinajstić information content (AvgIpc) is 3.04. The van der Waals surface area contributed by atoms with Crippen molar-refractivity contribution in [2.75, 3.05) is 5.75 Å². The van der Waals surface area contributed by atoms with E-state index in [-0.39, 0.29) is 11.4 Å². The van der Waals surface area contributed by atoms with Crippen LogP contribution in [0.3, 0.4) is 0 Å². The first-order valence-corrected chi connectivity index (χ1v) is 11.1. The number of thioether (sulfide) groups is 2. The molecule has 1 N–H and O–H groups in total. The molecule has 26 heavy (non-hydrogen) atoms. The number of carbonyl (C=O) groups excluding carboxylic acids is 1. The third kappa shape index (κ3) is 5.46. The van der Waals surface area contributed by atoms with Crippen molar-refractivity contribution in [1.82, 2.24) is 15.5 Å². The largest absolute Gasteiger partial charge is 0.351 e. The Balaban J connectivity index is 1.56. The summed E-state index contributed by atoms with van der Waals surface area (Å²) in [5, 5.41) is 13.9. The number of benzene rings is 2. The zero-order chi connectivity index (χ0) is 18.6. The van der Waals surface area contributed by atoms with Crippen LogP contribution in [0.2, 0.25) is 0 Å². The second-order valence-electron chi connectivity index (χ2n) is 6.85. The second kappa shape index (κ2) is 8.41. The fourth-order valence-corrected chi connectivity index (χ4v) is 5.28. The standard InChI is InChI=1S/C19H21N3OS3/c1-19(2,3)20-16(23)12-25-18-22-21-17(26-18)24-11-14-9-6-8-13-7-4-5-10-15(13)14/h4-10H,11-12H2,1-3H3,(H,20,23). The van der Waals surface area contributed by atoms with Crippen molar-refractivity contribution in [3.05, 3.63) is 48.0 Å². The van der Waals surface area contributed by atoms with Gasteiger partial charge in [-0.2, -0.15) is 0 Å². The van der Waals surface area contributed by atoms with Gasteiger partial charge in [-0.3, -0.25) is 4.79 Å². The summed E-state index contributed by atoms with van der Waals surface area (Å²) in [6.45, 7) is 5.92. The summed E-state index contributed by atoms with van der Waals surface area (Å²) in [6, 6.07) is 14.8. The first kappa shape index (κ1) is 19.2. The van der Waals surface area contributed by atoms with Crippen LogP contribution in [0.4, 0.5) is 0 Å². The van der Waals surface area contributed by atoms with Gasteiger partial charge >= 0.3 is 0 Å². The highest BCUT2D eigenvalue weighted by molar-refractivity contribution is 8.03. The van der Waals surface area contributed by atoms with Gasteiger partial charge in [0.25, 0.3) is 0 Å². The van der Waals surface area contributed by atoms with E-state index in [1.165, 1.54) is 28.1 Å². The quantitative estimate of drug-likeness (QED) is 0.588. The lowest BCUT2D eigenvalue weighted by Gasteiger charge is -2.19. The minimum atomic E-state index is -0.210. The van der Waals surface area contributed by atoms with Crippen LogP contribution >= 0.6 is 34.9 Å². The Morgan fingerprint density at radius 2 is 1.73 bits per heavy atom. The molecule has 3 aromatic rings. The Labute approximate surface area is 166 Å². The first-order chi connectivity index (χ1) is 12.4. The Hall–Kier alpha value is -1.57. The SMILES string of the molecule is CC(C)(C)NC(=O)CSc1nnc(SCc2cccc3ccccc23)s1. The van der Waals surface area contributed by atoms with Crippen LogP contribution in [0, 0.1) is 0 Å². The molecule has 0 spiro atoms. The summed E-state index contributed by atoms with van der Waals surface area (Å²) in [6.07, 6.45) is 0. The van der Waals surface area contributed by atoms with Crippen LogP contribution in [0.5, 0.6) is 0 Å². The molecule has 136 valence electrons. The van der Waals surface area contributed by atoms with Gasteiger partial charge in [0.15, 0.2) is 8.68 Å². The predicted octanol–water partition coefficient (Wildman–Crippen LogP) is 4.99. The molecular weight excluding hydrogens is 382 g/mol. The van der Waals surface area contributed by atoms with E-state index >= 15 is 0 Å². The van der Waals surface area contributed by atoms with Crippen LogP contribution in [0.15, 0.2) is 51.1 Å². The molecule has 0 aliphatic rings. The van der Waals surface area contributed by atoms with Gasteiger partial charge in [-0.15, -0.1) is 10.2 Å². The number of fused-ring (bicyclic) bond motifs is 1. The molecule has 1 aromatic heterocycles. The van der Waals surface area contributed by atoms with Crippen molar-refractivity contribution in [3.8, 4) is 0 Å². The van der Waals surface area contributed by atoms with Crippen molar-refractivity contribution in [3.63, 3.8) is 0 Å². The molecule has 1 heterocycles. The molecule has 7 heteroatoms. The maximum absolute atomic E-state index is 11.9. The van der Waals surface area contributed by atoms with Crippen LogP contribution < -0.4 is 5.32 Å². The zero-order valence-electron chi connectivity index (χ0n) is 15.0. The molecule has 0 aliphatic carbocycles. The van der Waals surface area contributed by atoms with Crippen molar-refractivity contribution >= 4 is 51.5 Å². The smallest absolute Gasteiger partial charge is 0.230 e. The van der Waals surface area contributed by atoms with Gasteiger partial charge in [0.05, 0.1) is 5.75 Å². The molecule has 0 aliphatic heterocycles. The topological polar surface area (TPSA) is 54.9 Å². The number of rotatable bonds is 6. The van der Waals surface area contributed by atoms with Gasteiger partial charge in [0.1, 0.15) is 0 Å². The molecule has 0 saturated carbocycles. The highest BCUT2D eigenvalue weighted by Crippen LogP contribution is 2.32. The minimum Gasteiger partial charge on any atom is -0.351 e. The predicted molar refractivity (Wildman–Crippen MR) is 112 cm³/mol. The average molecular weight is 404 g/mol. The van der Waals surface area contributed by atoms with E-state index in [0.29, 0.717) is 5.75 Å². The molecule has 0 saturated heterocycles. The van der Waals surface area contributed by atoms with Gasteiger partial charge in [0.2, 0.25) is 5.91 Å². The number of nitrogens with zero attached hydrogens (tertiary/aromatic N) is 2. The Morgan fingerprint density at radius 1 is 1.04 bits per heavy atom. The van der Waals surface area contributed by atoms with Crippen molar-refractivity contribution < 1.29 is 4.79 Å². The van der Waals surface area contributed by atoms with Crippen molar-refractivity contribution in [1.29, 1.82) is 0 Å². The summed E-state index contributed by atoms with van der Waals surface area (Å²) >= 11 is 4.66. The molecule has 0 bridgehead atoms. The van der Waals surface area contributed by atoms with Crippen LogP contribution in [-0.4, -0.2) is 27.4 Å². The van der Waals surface area contributed by atoms with E-state index < -0.39 is 0 Å². The lowest BCUT2D eigenvalue weighted by atomic mass is 10.1. The van der Waals surface area contributed by atoms with Gasteiger partial charge in [-0.05, 0) is 37.1 Å². The van der Waals surface area contributed by atoms with E-state index in [1.54, 1.807) is 23.1 Å². The lowest BCUT2D eigenvalue weighted by Crippen LogP contribution is -2.41. The van der Waals surface area contributed by atoms with Crippen LogP contribution in [0.1, 0.15) is 26.3 Å². The third-order valence-corrected chi connectivity index (χ3v) is 6.70. The monoisotopic (exact) mass is 403 g/mol. The third-order valence-electron chi connectivity index (χ3n) is 3.46. The molecule has 4 nitrogen and oxygen atoms in total. The zero-order valence-corrected chi connectivity index (χ0v) is 17.4. The number of amides is 1. The van der Waals surface area contributed by atoms with E-state index in [9.17, 15) is 4.79 Å². The number of aromatic nitrogens is 2. The van der Waals surface area contributed by atoms with E-state index in [2.05, 4.69) is 58.0 Å². The summed E-state index contributed by atoms with van der Waals surface area (Å²) in [5.74, 6) is 1.23. The normalized spacial score (nSPS) is 11.7. The van der Waals surface area contributed by atoms with E-state index in [1.807, 2.05) is 20.8 Å². The van der Waals surface area contributed by atoms with E-state index in [0.717, 1.165) is 14.4 Å². The van der Waals surface area contributed by atoms with Crippen molar-refractivity contribution in [2.24, 2.45) is 0 Å². The molecule has 0 radical (unpaired) electrons. The Morgan fingerprint density at radius 3 is 2.50 bits per heavy atom. The van der Waals surface area contributed by atoms with Gasteiger partial charge in [-0.25, -0.2) is 0 Å². The second-order valence-corrected chi connectivity index (χ2v) is 10.3. The van der Waals surface area contributed by atoms with Gasteiger partial charge in [-0.1, -0.05) is 77.3 Å². The van der Waals surface area contributed by atoms with Crippen molar-refractivity contribution in [2.45, 2.75) is 40.7 Å². The van der Waals surface area contributed by atoms with Crippen LogP contribution in [-0.2, 0) is 10.5 Å². The molecule has 0 unspecified atom stereocenters. The highest BCUT2D eigenvalue weighted by atomic mass is 32.2.